The topological polar surface area (TPSA) is 63.3 Å². The minimum atomic E-state index is -1.15. The molecule has 70 valence electrons. The van der Waals surface area contributed by atoms with Gasteiger partial charge in [-0.2, -0.15) is 12.6 Å². The molecule has 0 aliphatic heterocycles. The van der Waals surface area contributed by atoms with Crippen LogP contribution in [0.5, 0.6) is 0 Å². The zero-order valence-electron chi connectivity index (χ0n) is 6.57. The van der Waals surface area contributed by atoms with E-state index in [2.05, 4.69) is 12.6 Å². The first-order chi connectivity index (χ1) is 6.02. The summed E-state index contributed by atoms with van der Waals surface area (Å²) in [5, 5.41) is 7.51. The average Bonchev–Trinajstić information content (AvgIpc) is 2.08. The van der Waals surface area contributed by atoms with Crippen LogP contribution in [-0.4, -0.2) is 11.1 Å². The van der Waals surface area contributed by atoms with Crippen LogP contribution in [0.4, 0.5) is 10.1 Å². The van der Waals surface area contributed by atoms with Gasteiger partial charge in [-0.05, 0) is 18.2 Å². The van der Waals surface area contributed by atoms with Crippen molar-refractivity contribution in [3.05, 3.63) is 29.6 Å². The van der Waals surface area contributed by atoms with E-state index in [1.54, 1.807) is 0 Å². The Balaban J connectivity index is 3.12. The van der Waals surface area contributed by atoms with Gasteiger partial charge < -0.3 is 10.8 Å². The van der Waals surface area contributed by atoms with Crippen LogP contribution in [0.15, 0.2) is 18.2 Å². The first-order valence-corrected chi connectivity index (χ1v) is 4.00. The maximum Gasteiger partial charge on any atom is 0.320 e. The molecule has 1 aromatic rings. The van der Waals surface area contributed by atoms with Crippen LogP contribution < -0.4 is 5.73 Å². The summed E-state index contributed by atoms with van der Waals surface area (Å²) in [6.07, 6.45) is 0. The van der Waals surface area contributed by atoms with Gasteiger partial charge in [-0.3, -0.25) is 4.79 Å². The number of rotatable bonds is 2. The standard InChI is InChI=1S/C8H8FNO2S/c9-4-1-2-6(10)5(3-4)7(13)8(11)12/h1-3,7,13H,10H2,(H,11,12). The fourth-order valence-corrected chi connectivity index (χ4v) is 1.14. The number of hydrogen-bond acceptors (Lipinski definition) is 3. The Morgan fingerprint density at radius 2 is 2.23 bits per heavy atom. The molecule has 0 spiro atoms. The highest BCUT2D eigenvalue weighted by Crippen LogP contribution is 2.26. The summed E-state index contributed by atoms with van der Waals surface area (Å²) in [6, 6.07) is 3.55. The molecule has 0 amide bonds. The maximum absolute atomic E-state index is 12.7. The Bertz CT molecular complexity index is 343. The highest BCUT2D eigenvalue weighted by molar-refractivity contribution is 7.81. The number of aliphatic carboxylic acids is 1. The van der Waals surface area contributed by atoms with Gasteiger partial charge in [0.25, 0.3) is 0 Å². The van der Waals surface area contributed by atoms with Crippen molar-refractivity contribution in [2.75, 3.05) is 5.73 Å². The van der Waals surface area contributed by atoms with E-state index in [9.17, 15) is 9.18 Å². The van der Waals surface area contributed by atoms with Crippen molar-refractivity contribution in [1.29, 1.82) is 0 Å². The molecule has 1 unspecified atom stereocenters. The number of carboxylic acids is 1. The molecule has 1 rings (SSSR count). The third-order valence-electron chi connectivity index (χ3n) is 1.58. The Morgan fingerprint density at radius 3 is 2.77 bits per heavy atom. The molecule has 0 aliphatic carbocycles. The van der Waals surface area contributed by atoms with E-state index in [1.165, 1.54) is 12.1 Å². The third kappa shape index (κ3) is 2.12. The van der Waals surface area contributed by atoms with E-state index in [0.717, 1.165) is 6.07 Å². The summed E-state index contributed by atoms with van der Waals surface area (Å²) < 4.78 is 12.7. The van der Waals surface area contributed by atoms with Crippen LogP contribution in [0.3, 0.4) is 0 Å². The second-order valence-corrected chi connectivity index (χ2v) is 3.03. The molecule has 0 heterocycles. The van der Waals surface area contributed by atoms with Crippen LogP contribution >= 0.6 is 12.6 Å². The number of carboxylic acid groups (broad SMARTS) is 1. The van der Waals surface area contributed by atoms with Gasteiger partial charge in [0.1, 0.15) is 11.1 Å². The van der Waals surface area contributed by atoms with Crippen molar-refractivity contribution in [2.24, 2.45) is 0 Å². The second-order valence-electron chi connectivity index (χ2n) is 2.51. The second kappa shape index (κ2) is 3.66. The molecular weight excluding hydrogens is 193 g/mol. The molecule has 0 radical (unpaired) electrons. The van der Waals surface area contributed by atoms with Crippen LogP contribution in [-0.2, 0) is 4.79 Å². The number of nitrogen functional groups attached to an aromatic ring is 1. The van der Waals surface area contributed by atoms with Gasteiger partial charge in [0, 0.05) is 11.3 Å². The Morgan fingerprint density at radius 1 is 1.62 bits per heavy atom. The molecule has 0 saturated heterocycles. The summed E-state index contributed by atoms with van der Waals surface area (Å²) in [7, 11) is 0. The Labute approximate surface area is 79.8 Å². The molecule has 1 aromatic carbocycles. The summed E-state index contributed by atoms with van der Waals surface area (Å²) in [6.45, 7) is 0. The predicted octanol–water partition coefficient (Wildman–Crippen LogP) is 1.46. The number of hydrogen-bond donors (Lipinski definition) is 3. The fourth-order valence-electron chi connectivity index (χ4n) is 0.915. The van der Waals surface area contributed by atoms with Crippen LogP contribution in [0.1, 0.15) is 10.8 Å². The molecular formula is C8H8FNO2S. The molecule has 0 aliphatic rings. The van der Waals surface area contributed by atoms with Crippen molar-refractivity contribution in [2.45, 2.75) is 5.25 Å². The molecule has 0 bridgehead atoms. The third-order valence-corrected chi connectivity index (χ3v) is 2.08. The first-order valence-electron chi connectivity index (χ1n) is 3.48. The van der Waals surface area contributed by atoms with Crippen LogP contribution in [0.25, 0.3) is 0 Å². The van der Waals surface area contributed by atoms with Gasteiger partial charge >= 0.3 is 5.97 Å². The Hall–Kier alpha value is -1.23. The summed E-state index contributed by atoms with van der Waals surface area (Å²) >= 11 is 3.79. The number of nitrogens with two attached hydrogens (primary N) is 1. The summed E-state index contributed by atoms with van der Waals surface area (Å²) in [4.78, 5) is 10.5. The normalized spacial score (nSPS) is 12.5. The average molecular weight is 201 g/mol. The first kappa shape index (κ1) is 9.85. The molecule has 1 atom stereocenters. The predicted molar refractivity (Wildman–Crippen MR) is 50.2 cm³/mol. The van der Waals surface area contributed by atoms with E-state index in [0.29, 0.717) is 0 Å². The van der Waals surface area contributed by atoms with Gasteiger partial charge in [-0.25, -0.2) is 4.39 Å². The quantitative estimate of drug-likeness (QED) is 0.501. The summed E-state index contributed by atoms with van der Waals surface area (Å²) in [5.41, 5.74) is 5.85. The number of anilines is 1. The van der Waals surface area contributed by atoms with Crippen molar-refractivity contribution in [1.82, 2.24) is 0 Å². The summed E-state index contributed by atoms with van der Waals surface area (Å²) in [5.74, 6) is -1.68. The van der Waals surface area contributed by atoms with Crippen LogP contribution in [0, 0.1) is 5.82 Å². The van der Waals surface area contributed by atoms with E-state index >= 15 is 0 Å². The van der Waals surface area contributed by atoms with E-state index < -0.39 is 17.0 Å². The lowest BCUT2D eigenvalue weighted by Gasteiger charge is -2.08. The van der Waals surface area contributed by atoms with E-state index in [-0.39, 0.29) is 11.3 Å². The lowest BCUT2D eigenvalue weighted by atomic mass is 10.1. The highest BCUT2D eigenvalue weighted by atomic mass is 32.1. The lowest BCUT2D eigenvalue weighted by Crippen LogP contribution is -2.08. The number of carbonyl (C=O) groups is 1. The molecule has 0 aromatic heterocycles. The van der Waals surface area contributed by atoms with E-state index in [4.69, 9.17) is 10.8 Å². The molecule has 3 nitrogen and oxygen atoms in total. The van der Waals surface area contributed by atoms with Gasteiger partial charge in [0.05, 0.1) is 0 Å². The largest absolute Gasteiger partial charge is 0.480 e. The molecule has 13 heavy (non-hydrogen) atoms. The van der Waals surface area contributed by atoms with Gasteiger partial charge in [0.2, 0.25) is 0 Å². The minimum Gasteiger partial charge on any atom is -0.480 e. The van der Waals surface area contributed by atoms with Crippen LogP contribution in [0.2, 0.25) is 0 Å². The lowest BCUT2D eigenvalue weighted by molar-refractivity contribution is -0.136. The van der Waals surface area contributed by atoms with Gasteiger partial charge in [-0.1, -0.05) is 0 Å². The van der Waals surface area contributed by atoms with Crippen molar-refractivity contribution in [3.63, 3.8) is 0 Å². The fraction of sp³-hybridized carbons (Fsp3) is 0.125. The smallest absolute Gasteiger partial charge is 0.320 e. The van der Waals surface area contributed by atoms with Gasteiger partial charge in [-0.15, -0.1) is 0 Å². The molecule has 0 saturated carbocycles. The van der Waals surface area contributed by atoms with Crippen molar-refractivity contribution in [3.8, 4) is 0 Å². The SMILES string of the molecule is Nc1ccc(F)cc1C(S)C(=O)O. The number of benzene rings is 1. The van der Waals surface area contributed by atoms with Crippen molar-refractivity contribution >= 4 is 24.3 Å². The molecule has 5 heteroatoms. The molecule has 3 N–H and O–H groups in total. The Kier molecular flexibility index (Phi) is 2.77. The monoisotopic (exact) mass is 201 g/mol. The zero-order valence-corrected chi connectivity index (χ0v) is 7.46. The molecule has 0 fully saturated rings. The number of halogens is 1. The minimum absolute atomic E-state index is 0.177. The maximum atomic E-state index is 12.7. The van der Waals surface area contributed by atoms with Crippen molar-refractivity contribution < 1.29 is 14.3 Å². The number of thiol groups is 1. The van der Waals surface area contributed by atoms with E-state index in [1.807, 2.05) is 0 Å². The van der Waals surface area contributed by atoms with Gasteiger partial charge in [0.15, 0.2) is 0 Å². The zero-order chi connectivity index (χ0) is 10.0. The highest BCUT2D eigenvalue weighted by Gasteiger charge is 2.17.